The van der Waals surface area contributed by atoms with Gasteiger partial charge in [0.1, 0.15) is 0 Å². The molecule has 0 radical (unpaired) electrons. The fraction of sp³-hybridized carbons (Fsp3) is 0.444. The molecule has 0 saturated heterocycles. The van der Waals surface area contributed by atoms with E-state index in [4.69, 9.17) is 0 Å². The van der Waals surface area contributed by atoms with E-state index >= 15 is 0 Å². The van der Waals surface area contributed by atoms with Crippen LogP contribution in [-0.4, -0.2) is 0 Å². The number of rotatable bonds is 4. The van der Waals surface area contributed by atoms with Gasteiger partial charge < -0.3 is 0 Å². The van der Waals surface area contributed by atoms with Gasteiger partial charge in [0, 0.05) is 0 Å². The number of hydrogen-bond acceptors (Lipinski definition) is 0. The first kappa shape index (κ1) is 16.7. The van der Waals surface area contributed by atoms with Crippen molar-refractivity contribution in [3.8, 4) is 0 Å². The van der Waals surface area contributed by atoms with Gasteiger partial charge in [0.2, 0.25) is 0 Å². The van der Waals surface area contributed by atoms with Crippen LogP contribution in [0.4, 0.5) is 0 Å². The van der Waals surface area contributed by atoms with Crippen molar-refractivity contribution in [2.24, 2.45) is 0 Å². The summed E-state index contributed by atoms with van der Waals surface area (Å²) in [5.41, 5.74) is 5.67. The topological polar surface area (TPSA) is 0 Å². The summed E-state index contributed by atoms with van der Waals surface area (Å²) in [7, 11) is 0. The fourth-order valence-electron chi connectivity index (χ4n) is 1.69. The van der Waals surface area contributed by atoms with E-state index in [1.807, 2.05) is 19.9 Å². The Morgan fingerprint density at radius 1 is 1.17 bits per heavy atom. The third-order valence-corrected chi connectivity index (χ3v) is 2.90. The largest absolute Gasteiger partial charge is 0.0988 e. The van der Waals surface area contributed by atoms with E-state index in [1.54, 1.807) is 5.57 Å². The summed E-state index contributed by atoms with van der Waals surface area (Å²) in [4.78, 5) is 0. The first-order valence-electron chi connectivity index (χ1n) is 6.93. The van der Waals surface area contributed by atoms with Crippen molar-refractivity contribution in [2.75, 3.05) is 0 Å². The Bertz CT molecular complexity index is 373. The predicted molar refractivity (Wildman–Crippen MR) is 84.8 cm³/mol. The zero-order chi connectivity index (χ0) is 14.0. The highest BCUT2D eigenvalue weighted by atomic mass is 14.1. The average molecular weight is 244 g/mol. The quantitative estimate of drug-likeness (QED) is 0.520. The maximum absolute atomic E-state index is 3.75. The smallest absolute Gasteiger partial charge is 0.0105 e. The summed E-state index contributed by atoms with van der Waals surface area (Å²) in [5, 5.41) is 0. The Balaban J connectivity index is 0.00000137. The van der Waals surface area contributed by atoms with Gasteiger partial charge in [-0.15, -0.1) is 0 Å². The van der Waals surface area contributed by atoms with Crippen LogP contribution in [0.1, 0.15) is 53.9 Å². The molecule has 0 aliphatic heterocycles. The maximum Gasteiger partial charge on any atom is -0.0105 e. The second-order valence-corrected chi connectivity index (χ2v) is 4.64. The van der Waals surface area contributed by atoms with Crippen molar-refractivity contribution < 1.29 is 0 Å². The summed E-state index contributed by atoms with van der Waals surface area (Å²) in [6.07, 6.45) is 14.3. The van der Waals surface area contributed by atoms with Crippen molar-refractivity contribution >= 4 is 0 Å². The molecular formula is C18H28. The molecule has 0 aromatic carbocycles. The van der Waals surface area contributed by atoms with Crippen molar-refractivity contribution in [2.45, 2.75) is 53.9 Å². The molecule has 0 saturated carbocycles. The van der Waals surface area contributed by atoms with Crippen LogP contribution >= 0.6 is 0 Å². The Hall–Kier alpha value is -1.30. The summed E-state index contributed by atoms with van der Waals surface area (Å²) >= 11 is 0. The van der Waals surface area contributed by atoms with Crippen LogP contribution < -0.4 is 0 Å². The lowest BCUT2D eigenvalue weighted by atomic mass is 9.94. The SMILES string of the molecule is C=C/C(C)=C\C=C(/C)CC1=CC=C(C)CC1.CC. The van der Waals surface area contributed by atoms with Crippen molar-refractivity contribution in [3.63, 3.8) is 0 Å². The highest BCUT2D eigenvalue weighted by Gasteiger charge is 2.03. The highest BCUT2D eigenvalue weighted by Crippen LogP contribution is 2.23. The standard InChI is InChI=1S/C16H22.C2H6/c1-5-13(2)6-7-15(4)12-16-10-8-14(3)9-11-16;1-2/h5-8,10H,1,9,11-12H2,2-4H3;1-2H3/b13-6-,15-7+;. The maximum atomic E-state index is 3.75. The Morgan fingerprint density at radius 2 is 1.83 bits per heavy atom. The molecule has 0 fully saturated rings. The predicted octanol–water partition coefficient (Wildman–Crippen LogP) is 6.15. The van der Waals surface area contributed by atoms with Gasteiger partial charge in [-0.2, -0.15) is 0 Å². The van der Waals surface area contributed by atoms with E-state index in [2.05, 4.69) is 51.7 Å². The van der Waals surface area contributed by atoms with Gasteiger partial charge in [0.15, 0.2) is 0 Å². The zero-order valence-corrected chi connectivity index (χ0v) is 12.7. The highest BCUT2D eigenvalue weighted by molar-refractivity contribution is 5.28. The molecule has 0 spiro atoms. The summed E-state index contributed by atoms with van der Waals surface area (Å²) in [5.74, 6) is 0. The molecule has 1 rings (SSSR count). The molecule has 0 nitrogen and oxygen atoms in total. The van der Waals surface area contributed by atoms with E-state index in [9.17, 15) is 0 Å². The Labute approximate surface area is 113 Å². The van der Waals surface area contributed by atoms with Crippen LogP contribution in [-0.2, 0) is 0 Å². The van der Waals surface area contributed by atoms with Gasteiger partial charge in [-0.25, -0.2) is 0 Å². The van der Waals surface area contributed by atoms with E-state index < -0.39 is 0 Å². The zero-order valence-electron chi connectivity index (χ0n) is 12.7. The Morgan fingerprint density at radius 3 is 2.33 bits per heavy atom. The molecule has 1 aliphatic rings. The molecule has 0 aromatic rings. The molecule has 1 aliphatic carbocycles. The third-order valence-electron chi connectivity index (χ3n) is 2.90. The van der Waals surface area contributed by atoms with Gasteiger partial charge >= 0.3 is 0 Å². The summed E-state index contributed by atoms with van der Waals surface area (Å²) < 4.78 is 0. The molecule has 0 heteroatoms. The summed E-state index contributed by atoms with van der Waals surface area (Å²) in [6.45, 7) is 14.2. The lowest BCUT2D eigenvalue weighted by molar-refractivity contribution is 0.865. The van der Waals surface area contributed by atoms with Crippen molar-refractivity contribution in [1.82, 2.24) is 0 Å². The number of hydrogen-bond donors (Lipinski definition) is 0. The van der Waals surface area contributed by atoms with Crippen molar-refractivity contribution in [3.05, 3.63) is 59.3 Å². The lowest BCUT2D eigenvalue weighted by Crippen LogP contribution is -1.92. The molecule has 0 amide bonds. The minimum absolute atomic E-state index is 1.10. The van der Waals surface area contributed by atoms with E-state index in [0.29, 0.717) is 0 Å². The monoisotopic (exact) mass is 244 g/mol. The van der Waals surface area contributed by atoms with Crippen LogP contribution in [0.3, 0.4) is 0 Å². The third kappa shape index (κ3) is 7.11. The van der Waals surface area contributed by atoms with E-state index in [1.165, 1.54) is 29.6 Å². The van der Waals surface area contributed by atoms with Gasteiger partial charge in [-0.1, -0.05) is 73.1 Å². The van der Waals surface area contributed by atoms with Gasteiger partial charge in [-0.3, -0.25) is 0 Å². The van der Waals surface area contributed by atoms with Crippen LogP contribution in [0.15, 0.2) is 59.3 Å². The second kappa shape index (κ2) is 9.70. The lowest BCUT2D eigenvalue weighted by Gasteiger charge is -2.12. The van der Waals surface area contributed by atoms with Crippen LogP contribution in [0, 0.1) is 0 Å². The second-order valence-electron chi connectivity index (χ2n) is 4.64. The molecule has 0 atom stereocenters. The van der Waals surface area contributed by atoms with Crippen LogP contribution in [0.5, 0.6) is 0 Å². The minimum atomic E-state index is 1.10. The molecule has 100 valence electrons. The Kier molecular flexibility index (Phi) is 9.00. The molecule has 0 unspecified atom stereocenters. The minimum Gasteiger partial charge on any atom is -0.0988 e. The summed E-state index contributed by atoms with van der Waals surface area (Å²) in [6, 6.07) is 0. The van der Waals surface area contributed by atoms with E-state index in [-0.39, 0.29) is 0 Å². The average Bonchev–Trinajstić information content (AvgIpc) is 2.41. The van der Waals surface area contributed by atoms with Gasteiger partial charge in [0.05, 0.1) is 0 Å². The first-order valence-corrected chi connectivity index (χ1v) is 6.93. The molecule has 18 heavy (non-hydrogen) atoms. The normalized spacial score (nSPS) is 16.3. The molecular weight excluding hydrogens is 216 g/mol. The first-order chi connectivity index (χ1) is 8.61. The van der Waals surface area contributed by atoms with Crippen LogP contribution in [0.2, 0.25) is 0 Å². The number of allylic oxidation sites excluding steroid dienone is 9. The van der Waals surface area contributed by atoms with Gasteiger partial charge in [-0.05, 0) is 40.0 Å². The molecule has 0 N–H and O–H groups in total. The van der Waals surface area contributed by atoms with Crippen molar-refractivity contribution in [1.29, 1.82) is 0 Å². The molecule has 0 heterocycles. The molecule has 0 bridgehead atoms. The van der Waals surface area contributed by atoms with Gasteiger partial charge in [0.25, 0.3) is 0 Å². The molecule has 0 aromatic heterocycles. The van der Waals surface area contributed by atoms with Crippen LogP contribution in [0.25, 0.3) is 0 Å². The van der Waals surface area contributed by atoms with E-state index in [0.717, 1.165) is 6.42 Å². The fourth-order valence-corrected chi connectivity index (χ4v) is 1.69.